The van der Waals surface area contributed by atoms with E-state index < -0.39 is 18.7 Å². The van der Waals surface area contributed by atoms with Crippen molar-refractivity contribution >= 4 is 0 Å². The molecule has 0 saturated carbocycles. The predicted octanol–water partition coefficient (Wildman–Crippen LogP) is 3.70. The largest absolute Gasteiger partial charge is 0.496 e. The monoisotopic (exact) mass is 305 g/mol. The molecule has 0 saturated heterocycles. The standard InChI is InChI=1S/C15H22F3NO2/c1-11(2)19-10-14(21-9-8-15(16,17)18)12-6-4-5-7-13(12)20-3/h4-7,11,14,19H,8-10H2,1-3H3. The maximum Gasteiger partial charge on any atom is 0.391 e. The van der Waals surface area contributed by atoms with Gasteiger partial charge in [0.15, 0.2) is 0 Å². The van der Waals surface area contributed by atoms with Crippen LogP contribution in [-0.2, 0) is 4.74 Å². The van der Waals surface area contributed by atoms with Crippen LogP contribution in [0.2, 0.25) is 0 Å². The first kappa shape index (κ1) is 17.8. The van der Waals surface area contributed by atoms with E-state index >= 15 is 0 Å². The zero-order valence-corrected chi connectivity index (χ0v) is 12.5. The lowest BCUT2D eigenvalue weighted by molar-refractivity contribution is -0.149. The molecule has 1 rings (SSSR count). The third-order valence-corrected chi connectivity index (χ3v) is 2.90. The number of para-hydroxylation sites is 1. The molecule has 0 spiro atoms. The van der Waals surface area contributed by atoms with Crippen molar-refractivity contribution in [2.24, 2.45) is 0 Å². The quantitative estimate of drug-likeness (QED) is 0.794. The first-order valence-corrected chi connectivity index (χ1v) is 6.88. The molecule has 0 aromatic heterocycles. The van der Waals surface area contributed by atoms with E-state index in [1.165, 1.54) is 7.11 Å². The molecule has 1 aromatic rings. The first-order valence-electron chi connectivity index (χ1n) is 6.88. The van der Waals surface area contributed by atoms with Gasteiger partial charge in [-0.15, -0.1) is 0 Å². The molecule has 0 aliphatic carbocycles. The molecule has 6 heteroatoms. The van der Waals surface area contributed by atoms with Gasteiger partial charge in [0.1, 0.15) is 5.75 Å². The van der Waals surface area contributed by atoms with Gasteiger partial charge in [-0.25, -0.2) is 0 Å². The molecule has 1 aromatic carbocycles. The van der Waals surface area contributed by atoms with Crippen molar-refractivity contribution in [3.05, 3.63) is 29.8 Å². The van der Waals surface area contributed by atoms with Gasteiger partial charge in [0, 0.05) is 18.2 Å². The van der Waals surface area contributed by atoms with E-state index in [2.05, 4.69) is 5.32 Å². The van der Waals surface area contributed by atoms with Gasteiger partial charge in [-0.05, 0) is 6.07 Å². The fraction of sp³-hybridized carbons (Fsp3) is 0.600. The van der Waals surface area contributed by atoms with Crippen LogP contribution in [0.1, 0.15) is 31.9 Å². The molecule has 21 heavy (non-hydrogen) atoms. The molecule has 3 nitrogen and oxygen atoms in total. The molecule has 0 fully saturated rings. The Hall–Kier alpha value is -1.27. The van der Waals surface area contributed by atoms with Crippen molar-refractivity contribution in [2.45, 2.75) is 38.6 Å². The van der Waals surface area contributed by atoms with E-state index in [0.29, 0.717) is 12.3 Å². The summed E-state index contributed by atoms with van der Waals surface area (Å²) in [4.78, 5) is 0. The average molecular weight is 305 g/mol. The van der Waals surface area contributed by atoms with E-state index in [0.717, 1.165) is 5.56 Å². The molecule has 0 amide bonds. The normalized spacial score (nSPS) is 13.5. The van der Waals surface area contributed by atoms with Crippen molar-refractivity contribution < 1.29 is 22.6 Å². The highest BCUT2D eigenvalue weighted by atomic mass is 19.4. The molecular formula is C15H22F3NO2. The zero-order chi connectivity index (χ0) is 15.9. The Balaban J connectivity index is 2.76. The fourth-order valence-electron chi connectivity index (χ4n) is 1.85. The second kappa shape index (κ2) is 8.24. The summed E-state index contributed by atoms with van der Waals surface area (Å²) in [6.07, 6.45) is -5.65. The van der Waals surface area contributed by atoms with Crippen LogP contribution >= 0.6 is 0 Å². The third kappa shape index (κ3) is 6.82. The van der Waals surface area contributed by atoms with Gasteiger partial charge >= 0.3 is 6.18 Å². The summed E-state index contributed by atoms with van der Waals surface area (Å²) in [5, 5.41) is 3.18. The number of halogens is 3. The molecule has 0 aliphatic heterocycles. The summed E-state index contributed by atoms with van der Waals surface area (Å²) in [6.45, 7) is 3.99. The van der Waals surface area contributed by atoms with Crippen molar-refractivity contribution in [3.8, 4) is 5.75 Å². The van der Waals surface area contributed by atoms with Gasteiger partial charge in [0.05, 0.1) is 26.2 Å². The van der Waals surface area contributed by atoms with Crippen LogP contribution < -0.4 is 10.1 Å². The molecule has 1 atom stereocenters. The van der Waals surface area contributed by atoms with Gasteiger partial charge in [-0.1, -0.05) is 32.0 Å². The predicted molar refractivity (Wildman–Crippen MR) is 75.5 cm³/mol. The highest BCUT2D eigenvalue weighted by molar-refractivity contribution is 5.35. The zero-order valence-electron chi connectivity index (χ0n) is 12.5. The van der Waals surface area contributed by atoms with E-state index in [1.807, 2.05) is 26.0 Å². The van der Waals surface area contributed by atoms with E-state index in [1.54, 1.807) is 12.1 Å². The Morgan fingerprint density at radius 1 is 1.19 bits per heavy atom. The van der Waals surface area contributed by atoms with Crippen molar-refractivity contribution in [1.29, 1.82) is 0 Å². The second-order valence-electron chi connectivity index (χ2n) is 5.03. The van der Waals surface area contributed by atoms with Crippen LogP contribution in [-0.4, -0.2) is 32.5 Å². The molecule has 0 radical (unpaired) electrons. The first-order chi connectivity index (χ1) is 9.83. The number of methoxy groups -OCH3 is 1. The summed E-state index contributed by atoms with van der Waals surface area (Å²) in [5.41, 5.74) is 0.746. The lowest BCUT2D eigenvalue weighted by Crippen LogP contribution is -2.30. The van der Waals surface area contributed by atoms with Crippen LogP contribution in [0, 0.1) is 0 Å². The maximum absolute atomic E-state index is 12.2. The molecule has 0 bridgehead atoms. The van der Waals surface area contributed by atoms with Crippen LogP contribution in [0.4, 0.5) is 13.2 Å². The van der Waals surface area contributed by atoms with Gasteiger partial charge in [0.25, 0.3) is 0 Å². The summed E-state index contributed by atoms with van der Waals surface area (Å²) in [7, 11) is 1.53. The lowest BCUT2D eigenvalue weighted by Gasteiger charge is -2.22. The van der Waals surface area contributed by atoms with Crippen molar-refractivity contribution in [3.63, 3.8) is 0 Å². The molecular weight excluding hydrogens is 283 g/mol. The highest BCUT2D eigenvalue weighted by Gasteiger charge is 2.27. The third-order valence-electron chi connectivity index (χ3n) is 2.90. The van der Waals surface area contributed by atoms with Crippen LogP contribution in [0.25, 0.3) is 0 Å². The number of hydrogen-bond donors (Lipinski definition) is 1. The SMILES string of the molecule is COc1ccccc1C(CNC(C)C)OCCC(F)(F)F. The van der Waals surface area contributed by atoms with Crippen LogP contribution in [0.5, 0.6) is 5.75 Å². The Kier molecular flexibility index (Phi) is 6.98. The topological polar surface area (TPSA) is 30.5 Å². The summed E-state index contributed by atoms with van der Waals surface area (Å²) >= 11 is 0. The molecule has 120 valence electrons. The molecule has 0 aliphatic rings. The average Bonchev–Trinajstić information content (AvgIpc) is 2.41. The Labute approximate surface area is 123 Å². The minimum Gasteiger partial charge on any atom is -0.496 e. The van der Waals surface area contributed by atoms with Gasteiger partial charge in [-0.3, -0.25) is 0 Å². The smallest absolute Gasteiger partial charge is 0.391 e. The maximum atomic E-state index is 12.2. The van der Waals surface area contributed by atoms with Gasteiger partial charge in [0.2, 0.25) is 0 Å². The molecule has 1 N–H and O–H groups in total. The number of rotatable bonds is 8. The minimum absolute atomic E-state index is 0.216. The summed E-state index contributed by atoms with van der Waals surface area (Å²) < 4.78 is 47.4. The Bertz CT molecular complexity index is 422. The minimum atomic E-state index is -4.21. The summed E-state index contributed by atoms with van der Waals surface area (Å²) in [5.74, 6) is 0.611. The van der Waals surface area contributed by atoms with E-state index in [9.17, 15) is 13.2 Å². The Morgan fingerprint density at radius 2 is 1.86 bits per heavy atom. The molecule has 0 heterocycles. The lowest BCUT2D eigenvalue weighted by atomic mass is 10.1. The second-order valence-corrected chi connectivity index (χ2v) is 5.03. The van der Waals surface area contributed by atoms with Crippen molar-refractivity contribution in [2.75, 3.05) is 20.3 Å². The number of hydrogen-bond acceptors (Lipinski definition) is 3. The number of benzene rings is 1. The Morgan fingerprint density at radius 3 is 2.43 bits per heavy atom. The van der Waals surface area contributed by atoms with E-state index in [-0.39, 0.29) is 12.6 Å². The van der Waals surface area contributed by atoms with E-state index in [4.69, 9.17) is 9.47 Å². The van der Waals surface area contributed by atoms with Gasteiger partial charge < -0.3 is 14.8 Å². The summed E-state index contributed by atoms with van der Waals surface area (Å²) in [6, 6.07) is 7.41. The van der Waals surface area contributed by atoms with Crippen molar-refractivity contribution in [1.82, 2.24) is 5.32 Å². The van der Waals surface area contributed by atoms with Crippen LogP contribution in [0.3, 0.4) is 0 Å². The number of nitrogens with one attached hydrogen (secondary N) is 1. The molecule has 1 unspecified atom stereocenters. The fourth-order valence-corrected chi connectivity index (χ4v) is 1.85. The number of ether oxygens (including phenoxy) is 2. The highest BCUT2D eigenvalue weighted by Crippen LogP contribution is 2.28. The van der Waals surface area contributed by atoms with Gasteiger partial charge in [-0.2, -0.15) is 13.2 Å². The van der Waals surface area contributed by atoms with Crippen LogP contribution in [0.15, 0.2) is 24.3 Å². The number of alkyl halides is 3.